The molecule has 2 aromatic rings. The third kappa shape index (κ3) is 2.98. The number of nitro groups is 1. The second-order valence-corrected chi connectivity index (χ2v) is 4.52. The van der Waals surface area contributed by atoms with E-state index in [0.29, 0.717) is 19.4 Å². The van der Waals surface area contributed by atoms with E-state index < -0.39 is 10.9 Å². The number of rotatable bonds is 6. The molecule has 2 heterocycles. The van der Waals surface area contributed by atoms with Gasteiger partial charge in [-0.25, -0.2) is 0 Å². The van der Waals surface area contributed by atoms with Crippen LogP contribution in [-0.2, 0) is 6.54 Å². The van der Waals surface area contributed by atoms with Gasteiger partial charge in [-0.2, -0.15) is 4.68 Å². The smallest absolute Gasteiger partial charge is 0.390 e. The molecule has 0 amide bonds. The number of aryl methyl sites for hydroxylation is 1. The summed E-state index contributed by atoms with van der Waals surface area (Å²) in [4.78, 5) is 25.7. The van der Waals surface area contributed by atoms with Gasteiger partial charge in [0.25, 0.3) is 0 Å². The largest absolute Gasteiger partial charge is 0.490 e. The fourth-order valence-corrected chi connectivity index (χ4v) is 2.13. The van der Waals surface area contributed by atoms with Gasteiger partial charge < -0.3 is 10.1 Å². The minimum absolute atomic E-state index is 0.0830. The average Bonchev–Trinajstić information content (AvgIpc) is 3.00. The maximum absolute atomic E-state index is 11.7. The van der Waals surface area contributed by atoms with Crippen molar-refractivity contribution in [2.75, 3.05) is 0 Å². The number of thiophene rings is 1. The van der Waals surface area contributed by atoms with Gasteiger partial charge in [0, 0.05) is 11.5 Å². The zero-order valence-corrected chi connectivity index (χ0v) is 10.2. The lowest BCUT2D eigenvalue weighted by Gasteiger charge is -1.96. The lowest BCUT2D eigenvalue weighted by Crippen LogP contribution is -2.03. The normalized spacial score (nSPS) is 10.4. The summed E-state index contributed by atoms with van der Waals surface area (Å²) in [7, 11) is 0. The van der Waals surface area contributed by atoms with Gasteiger partial charge >= 0.3 is 5.95 Å². The van der Waals surface area contributed by atoms with Gasteiger partial charge in [0.15, 0.2) is 5.78 Å². The maximum Gasteiger partial charge on any atom is 0.490 e. The predicted molar refractivity (Wildman–Crippen MR) is 64.6 cm³/mol. The van der Waals surface area contributed by atoms with Crippen molar-refractivity contribution in [3.63, 3.8) is 0 Å². The SMILES string of the molecule is O=C(CCCn1cnc([N+](=O)[O-])n1)c1cccs1. The molecule has 0 unspecified atom stereocenters. The second kappa shape index (κ2) is 5.50. The minimum atomic E-state index is -0.646. The van der Waals surface area contributed by atoms with Crippen LogP contribution in [0.5, 0.6) is 0 Å². The van der Waals surface area contributed by atoms with E-state index in [4.69, 9.17) is 0 Å². The number of Topliss-reactive ketones (excluding diaryl/α,β-unsaturated/α-hetero) is 1. The fourth-order valence-electron chi connectivity index (χ4n) is 1.44. The number of hydrogen-bond acceptors (Lipinski definition) is 6. The highest BCUT2D eigenvalue weighted by Gasteiger charge is 2.13. The number of aromatic nitrogens is 3. The molecule has 2 aromatic heterocycles. The van der Waals surface area contributed by atoms with E-state index in [9.17, 15) is 14.9 Å². The molecule has 18 heavy (non-hydrogen) atoms. The summed E-state index contributed by atoms with van der Waals surface area (Å²) in [5, 5.41) is 15.9. The van der Waals surface area contributed by atoms with Gasteiger partial charge in [-0.15, -0.1) is 11.3 Å². The first-order valence-corrected chi connectivity index (χ1v) is 6.15. The quantitative estimate of drug-likeness (QED) is 0.452. The molecule has 0 saturated carbocycles. The summed E-state index contributed by atoms with van der Waals surface area (Å²) < 4.78 is 1.37. The van der Waals surface area contributed by atoms with Gasteiger partial charge in [-0.1, -0.05) is 11.1 Å². The maximum atomic E-state index is 11.7. The Morgan fingerprint density at radius 3 is 3.00 bits per heavy atom. The number of carbonyl (C=O) groups is 1. The average molecular weight is 266 g/mol. The topological polar surface area (TPSA) is 90.9 Å². The Morgan fingerprint density at radius 1 is 1.56 bits per heavy atom. The van der Waals surface area contributed by atoms with Crippen LogP contribution in [0.2, 0.25) is 0 Å². The first kappa shape index (κ1) is 12.4. The number of nitrogens with zero attached hydrogens (tertiary/aromatic N) is 4. The van der Waals surface area contributed by atoms with E-state index in [-0.39, 0.29) is 5.78 Å². The first-order valence-electron chi connectivity index (χ1n) is 5.27. The standard InChI is InChI=1S/C10H10N4O3S/c15-8(9-4-2-6-18-9)3-1-5-13-7-11-10(12-13)14(16)17/h2,4,6-7H,1,3,5H2. The Balaban J connectivity index is 1.81. The number of hydrogen-bond donors (Lipinski definition) is 0. The summed E-state index contributed by atoms with van der Waals surface area (Å²) in [5.74, 6) is -0.334. The van der Waals surface area contributed by atoms with Gasteiger partial charge in [0.1, 0.15) is 0 Å². The van der Waals surface area contributed by atoms with Crippen LogP contribution in [0.1, 0.15) is 22.5 Å². The summed E-state index contributed by atoms with van der Waals surface area (Å²) in [6.07, 6.45) is 2.28. The molecule has 0 bridgehead atoms. The third-order valence-corrected chi connectivity index (χ3v) is 3.19. The van der Waals surface area contributed by atoms with E-state index in [0.717, 1.165) is 4.88 Å². The molecule has 94 valence electrons. The van der Waals surface area contributed by atoms with Crippen molar-refractivity contribution in [1.82, 2.24) is 14.8 Å². The highest BCUT2D eigenvalue weighted by Crippen LogP contribution is 2.12. The third-order valence-electron chi connectivity index (χ3n) is 2.27. The van der Waals surface area contributed by atoms with Crippen molar-refractivity contribution in [1.29, 1.82) is 0 Å². The van der Waals surface area contributed by atoms with E-state index in [1.807, 2.05) is 11.4 Å². The molecule has 0 fully saturated rings. The molecule has 0 saturated heterocycles. The second-order valence-electron chi connectivity index (χ2n) is 3.57. The predicted octanol–water partition coefficient (Wildman–Crippen LogP) is 1.91. The Labute approximate surface area is 106 Å². The monoisotopic (exact) mass is 266 g/mol. The van der Waals surface area contributed by atoms with E-state index in [2.05, 4.69) is 10.1 Å². The molecule has 2 rings (SSSR count). The van der Waals surface area contributed by atoms with E-state index in [1.165, 1.54) is 22.3 Å². The van der Waals surface area contributed by atoms with Crippen LogP contribution in [-0.4, -0.2) is 25.5 Å². The minimum Gasteiger partial charge on any atom is -0.390 e. The van der Waals surface area contributed by atoms with Crippen molar-refractivity contribution in [2.45, 2.75) is 19.4 Å². The van der Waals surface area contributed by atoms with Crippen LogP contribution in [0.25, 0.3) is 0 Å². The zero-order chi connectivity index (χ0) is 13.0. The molecule has 0 aliphatic carbocycles. The molecule has 0 N–H and O–H groups in total. The van der Waals surface area contributed by atoms with Crippen molar-refractivity contribution in [2.24, 2.45) is 0 Å². The Hall–Kier alpha value is -2.09. The van der Waals surface area contributed by atoms with E-state index >= 15 is 0 Å². The number of ketones is 1. The molecule has 0 aliphatic rings. The summed E-state index contributed by atoms with van der Waals surface area (Å²) >= 11 is 1.41. The molecule has 7 nitrogen and oxygen atoms in total. The highest BCUT2D eigenvalue weighted by atomic mass is 32.1. The molecule has 0 spiro atoms. The van der Waals surface area contributed by atoms with Crippen LogP contribution >= 0.6 is 11.3 Å². The van der Waals surface area contributed by atoms with Gasteiger partial charge in [0.2, 0.25) is 6.33 Å². The molecule has 0 atom stereocenters. The molecular weight excluding hydrogens is 256 g/mol. The Morgan fingerprint density at radius 2 is 2.39 bits per heavy atom. The van der Waals surface area contributed by atoms with Crippen molar-refractivity contribution >= 4 is 23.1 Å². The Kier molecular flexibility index (Phi) is 3.78. The first-order chi connectivity index (χ1) is 8.66. The molecule has 0 aromatic carbocycles. The van der Waals surface area contributed by atoms with Crippen LogP contribution < -0.4 is 0 Å². The van der Waals surface area contributed by atoms with Gasteiger partial charge in [-0.05, 0) is 22.8 Å². The van der Waals surface area contributed by atoms with Gasteiger partial charge in [-0.3, -0.25) is 4.79 Å². The van der Waals surface area contributed by atoms with Crippen LogP contribution in [0.4, 0.5) is 5.95 Å². The number of carbonyl (C=O) groups excluding carboxylic acids is 1. The summed E-state index contributed by atoms with van der Waals surface area (Å²) in [6, 6.07) is 3.62. The highest BCUT2D eigenvalue weighted by molar-refractivity contribution is 7.12. The van der Waals surface area contributed by atoms with E-state index in [1.54, 1.807) is 6.07 Å². The lowest BCUT2D eigenvalue weighted by molar-refractivity contribution is -0.394. The molecule has 8 heteroatoms. The molecule has 0 radical (unpaired) electrons. The van der Waals surface area contributed by atoms with Gasteiger partial charge in [0.05, 0.1) is 11.4 Å². The summed E-state index contributed by atoms with van der Waals surface area (Å²) in [6.45, 7) is 0.442. The zero-order valence-electron chi connectivity index (χ0n) is 9.35. The van der Waals surface area contributed by atoms with Crippen molar-refractivity contribution < 1.29 is 9.72 Å². The summed E-state index contributed by atoms with van der Waals surface area (Å²) in [5.41, 5.74) is 0. The fraction of sp³-hybridized carbons (Fsp3) is 0.300. The molecule has 0 aliphatic heterocycles. The van der Waals surface area contributed by atoms with Crippen LogP contribution in [0.15, 0.2) is 23.8 Å². The van der Waals surface area contributed by atoms with Crippen LogP contribution in [0, 0.1) is 10.1 Å². The van der Waals surface area contributed by atoms with Crippen molar-refractivity contribution in [3.05, 3.63) is 38.8 Å². The van der Waals surface area contributed by atoms with Crippen molar-refractivity contribution in [3.8, 4) is 0 Å². The molecular formula is C10H10N4O3S. The Bertz CT molecular complexity index is 549. The van der Waals surface area contributed by atoms with Crippen LogP contribution in [0.3, 0.4) is 0 Å². The lowest BCUT2D eigenvalue weighted by atomic mass is 10.2.